The van der Waals surface area contributed by atoms with Gasteiger partial charge in [0, 0.05) is 6.04 Å². The summed E-state index contributed by atoms with van der Waals surface area (Å²) in [5.74, 6) is -0.283. The van der Waals surface area contributed by atoms with Crippen LogP contribution in [0.25, 0.3) is 0 Å². The van der Waals surface area contributed by atoms with E-state index in [-0.39, 0.29) is 30.9 Å². The van der Waals surface area contributed by atoms with E-state index in [0.717, 1.165) is 17.7 Å². The summed E-state index contributed by atoms with van der Waals surface area (Å²) in [7, 11) is 0. The first-order chi connectivity index (χ1) is 8.32. The molecule has 0 fully saturated rings. The van der Waals surface area contributed by atoms with Gasteiger partial charge in [-0.05, 0) is 31.0 Å². The molecule has 0 heterocycles. The molecule has 1 unspecified atom stereocenters. The summed E-state index contributed by atoms with van der Waals surface area (Å²) in [6.07, 6.45) is -3.86. The van der Waals surface area contributed by atoms with Gasteiger partial charge < -0.3 is 11.1 Å². The largest absolute Gasteiger partial charge is 0.416 e. The van der Waals surface area contributed by atoms with Gasteiger partial charge in [-0.1, -0.05) is 12.1 Å². The number of amides is 1. The third-order valence-corrected chi connectivity index (χ3v) is 2.42. The Labute approximate surface area is 115 Å². The smallest absolute Gasteiger partial charge is 0.352 e. The van der Waals surface area contributed by atoms with Crippen LogP contribution in [0.15, 0.2) is 24.3 Å². The Morgan fingerprint density at radius 2 is 1.84 bits per heavy atom. The molecule has 108 valence electrons. The Bertz CT molecular complexity index is 406. The number of carbonyl (C=O) groups excluding carboxylic acids is 1. The monoisotopic (exact) mass is 296 g/mol. The highest BCUT2D eigenvalue weighted by molar-refractivity contribution is 5.85. The lowest BCUT2D eigenvalue weighted by Gasteiger charge is -2.14. The molecule has 3 N–H and O–H groups in total. The lowest BCUT2D eigenvalue weighted by molar-refractivity contribution is -0.137. The molecule has 1 rings (SSSR count). The van der Waals surface area contributed by atoms with Crippen LogP contribution in [0.5, 0.6) is 0 Å². The molecule has 0 aliphatic heterocycles. The molecule has 19 heavy (non-hydrogen) atoms. The van der Waals surface area contributed by atoms with Crippen LogP contribution in [0, 0.1) is 0 Å². The van der Waals surface area contributed by atoms with E-state index in [4.69, 9.17) is 5.73 Å². The molecule has 3 nitrogen and oxygen atoms in total. The topological polar surface area (TPSA) is 55.1 Å². The van der Waals surface area contributed by atoms with E-state index >= 15 is 0 Å². The lowest BCUT2D eigenvalue weighted by Crippen LogP contribution is -2.38. The number of carbonyl (C=O) groups is 1. The summed E-state index contributed by atoms with van der Waals surface area (Å²) in [4.78, 5) is 11.0. The fourth-order valence-electron chi connectivity index (χ4n) is 1.57. The first-order valence-electron chi connectivity index (χ1n) is 5.48. The van der Waals surface area contributed by atoms with Crippen molar-refractivity contribution in [3.05, 3.63) is 35.4 Å². The molecule has 1 aromatic carbocycles. The van der Waals surface area contributed by atoms with E-state index in [2.05, 4.69) is 5.32 Å². The molecule has 7 heteroatoms. The Morgan fingerprint density at radius 3 is 2.26 bits per heavy atom. The minimum Gasteiger partial charge on any atom is -0.352 e. The fraction of sp³-hybridized carbons (Fsp3) is 0.417. The second-order valence-electron chi connectivity index (χ2n) is 4.07. The molecule has 1 amide bonds. The third kappa shape index (κ3) is 5.94. The quantitative estimate of drug-likeness (QED) is 0.894. The number of hydrogen-bond acceptors (Lipinski definition) is 2. The van der Waals surface area contributed by atoms with Crippen molar-refractivity contribution in [2.45, 2.75) is 25.6 Å². The van der Waals surface area contributed by atoms with Gasteiger partial charge in [-0.15, -0.1) is 12.4 Å². The summed E-state index contributed by atoms with van der Waals surface area (Å²) >= 11 is 0. The molecule has 0 spiro atoms. The zero-order valence-corrected chi connectivity index (χ0v) is 11.1. The number of nitrogens with two attached hydrogens (primary N) is 1. The van der Waals surface area contributed by atoms with E-state index in [1.54, 1.807) is 6.92 Å². The van der Waals surface area contributed by atoms with Crippen molar-refractivity contribution in [1.82, 2.24) is 5.32 Å². The molecular weight excluding hydrogens is 281 g/mol. The number of halogens is 4. The maximum atomic E-state index is 12.3. The second kappa shape index (κ2) is 7.35. The van der Waals surface area contributed by atoms with Gasteiger partial charge in [-0.2, -0.15) is 13.2 Å². The highest BCUT2D eigenvalue weighted by Crippen LogP contribution is 2.29. The van der Waals surface area contributed by atoms with Gasteiger partial charge in [0.15, 0.2) is 0 Å². The van der Waals surface area contributed by atoms with Gasteiger partial charge in [0.05, 0.1) is 12.1 Å². The molecule has 0 saturated carbocycles. The SMILES string of the molecule is CC(Cc1ccc(C(F)(F)F)cc1)NC(=O)CN.Cl. The summed E-state index contributed by atoms with van der Waals surface area (Å²) in [5.41, 5.74) is 5.20. The normalized spacial score (nSPS) is 12.5. The molecule has 0 radical (unpaired) electrons. The zero-order chi connectivity index (χ0) is 13.8. The Morgan fingerprint density at radius 1 is 1.32 bits per heavy atom. The van der Waals surface area contributed by atoms with Crippen molar-refractivity contribution in [3.63, 3.8) is 0 Å². The molecule has 0 aliphatic rings. The van der Waals surface area contributed by atoms with Gasteiger partial charge >= 0.3 is 6.18 Å². The van der Waals surface area contributed by atoms with E-state index in [9.17, 15) is 18.0 Å². The van der Waals surface area contributed by atoms with Crippen LogP contribution in [0.4, 0.5) is 13.2 Å². The molecule has 0 saturated heterocycles. The summed E-state index contributed by atoms with van der Waals surface area (Å²) in [6, 6.07) is 4.72. The van der Waals surface area contributed by atoms with Crippen LogP contribution in [0.2, 0.25) is 0 Å². The third-order valence-electron chi connectivity index (χ3n) is 2.42. The van der Waals surface area contributed by atoms with Crippen LogP contribution in [-0.4, -0.2) is 18.5 Å². The fourth-order valence-corrected chi connectivity index (χ4v) is 1.57. The van der Waals surface area contributed by atoms with Gasteiger partial charge in [-0.25, -0.2) is 0 Å². The maximum absolute atomic E-state index is 12.3. The minimum absolute atomic E-state index is 0. The highest BCUT2D eigenvalue weighted by Gasteiger charge is 2.29. The van der Waals surface area contributed by atoms with Crippen LogP contribution < -0.4 is 11.1 Å². The second-order valence-corrected chi connectivity index (χ2v) is 4.07. The number of hydrogen-bond donors (Lipinski definition) is 2. The average molecular weight is 297 g/mol. The first-order valence-corrected chi connectivity index (χ1v) is 5.48. The summed E-state index contributed by atoms with van der Waals surface area (Å²) in [5, 5.41) is 2.64. The molecule has 0 aliphatic carbocycles. The van der Waals surface area contributed by atoms with Crippen LogP contribution in [-0.2, 0) is 17.4 Å². The predicted molar refractivity (Wildman–Crippen MR) is 69.1 cm³/mol. The Hall–Kier alpha value is -1.27. The first kappa shape index (κ1) is 17.7. The average Bonchev–Trinajstić information content (AvgIpc) is 2.28. The zero-order valence-electron chi connectivity index (χ0n) is 10.3. The van der Waals surface area contributed by atoms with Crippen molar-refractivity contribution in [1.29, 1.82) is 0 Å². The number of rotatable bonds is 4. The summed E-state index contributed by atoms with van der Waals surface area (Å²) < 4.78 is 37.0. The molecule has 0 bridgehead atoms. The van der Waals surface area contributed by atoms with E-state index in [1.807, 2.05) is 0 Å². The molecular formula is C12H16ClF3N2O. The van der Waals surface area contributed by atoms with Gasteiger partial charge in [0.25, 0.3) is 0 Å². The number of benzene rings is 1. The van der Waals surface area contributed by atoms with Crippen molar-refractivity contribution < 1.29 is 18.0 Å². The molecule has 1 atom stereocenters. The van der Waals surface area contributed by atoms with E-state index < -0.39 is 11.7 Å². The van der Waals surface area contributed by atoms with Crippen LogP contribution in [0.3, 0.4) is 0 Å². The Balaban J connectivity index is 0.00000324. The molecule has 0 aromatic heterocycles. The van der Waals surface area contributed by atoms with Crippen molar-refractivity contribution in [3.8, 4) is 0 Å². The standard InChI is InChI=1S/C12H15F3N2O.ClH/c1-8(17-11(18)7-16)6-9-2-4-10(5-3-9)12(13,14)15;/h2-5,8H,6-7,16H2,1H3,(H,17,18);1H. The maximum Gasteiger partial charge on any atom is 0.416 e. The Kier molecular flexibility index (Phi) is 6.86. The van der Waals surface area contributed by atoms with Gasteiger partial charge in [0.2, 0.25) is 5.91 Å². The van der Waals surface area contributed by atoms with Gasteiger partial charge in [0.1, 0.15) is 0 Å². The van der Waals surface area contributed by atoms with Crippen molar-refractivity contribution >= 4 is 18.3 Å². The van der Waals surface area contributed by atoms with Crippen LogP contribution >= 0.6 is 12.4 Å². The van der Waals surface area contributed by atoms with Crippen molar-refractivity contribution in [2.24, 2.45) is 5.73 Å². The highest BCUT2D eigenvalue weighted by atomic mass is 35.5. The lowest BCUT2D eigenvalue weighted by atomic mass is 10.0. The summed E-state index contributed by atoms with van der Waals surface area (Å²) in [6.45, 7) is 1.67. The predicted octanol–water partition coefficient (Wildman–Crippen LogP) is 2.13. The van der Waals surface area contributed by atoms with E-state index in [1.165, 1.54) is 12.1 Å². The van der Waals surface area contributed by atoms with E-state index in [0.29, 0.717) is 6.42 Å². The minimum atomic E-state index is -4.32. The van der Waals surface area contributed by atoms with Crippen molar-refractivity contribution in [2.75, 3.05) is 6.54 Å². The van der Waals surface area contributed by atoms with Crippen LogP contribution in [0.1, 0.15) is 18.1 Å². The number of alkyl halides is 3. The van der Waals surface area contributed by atoms with Gasteiger partial charge in [-0.3, -0.25) is 4.79 Å². The number of nitrogens with one attached hydrogen (secondary N) is 1. The molecule has 1 aromatic rings.